The van der Waals surface area contributed by atoms with E-state index in [-0.39, 0.29) is 22.6 Å². The Labute approximate surface area is 157 Å². The fourth-order valence-electron chi connectivity index (χ4n) is 2.50. The van der Waals surface area contributed by atoms with E-state index < -0.39 is 33.1 Å². The van der Waals surface area contributed by atoms with Gasteiger partial charge in [-0.15, -0.1) is 0 Å². The highest BCUT2D eigenvalue weighted by Crippen LogP contribution is 2.29. The smallest absolute Gasteiger partial charge is 0.308 e. The first-order valence-electron chi connectivity index (χ1n) is 8.21. The van der Waals surface area contributed by atoms with Crippen LogP contribution in [-0.4, -0.2) is 25.4 Å². The monoisotopic (exact) mass is 392 g/mol. The van der Waals surface area contributed by atoms with Crippen LogP contribution >= 0.6 is 0 Å². The number of para-hydroxylation sites is 1. The van der Waals surface area contributed by atoms with Gasteiger partial charge in [0.2, 0.25) is 10.0 Å². The van der Waals surface area contributed by atoms with E-state index in [0.29, 0.717) is 0 Å². The van der Waals surface area contributed by atoms with Crippen molar-refractivity contribution in [2.45, 2.75) is 37.3 Å². The summed E-state index contributed by atoms with van der Waals surface area (Å²) < 4.78 is 32.8. The van der Waals surface area contributed by atoms with Gasteiger partial charge in [-0.05, 0) is 26.0 Å². The van der Waals surface area contributed by atoms with Crippen molar-refractivity contribution in [3.8, 4) is 0 Å². The van der Waals surface area contributed by atoms with Gasteiger partial charge < -0.3 is 4.74 Å². The molecule has 0 saturated heterocycles. The Bertz CT molecular complexity index is 912. The van der Waals surface area contributed by atoms with Gasteiger partial charge in [-0.1, -0.05) is 36.4 Å². The minimum atomic E-state index is -4.00. The second kappa shape index (κ2) is 8.74. The van der Waals surface area contributed by atoms with Crippen molar-refractivity contribution in [1.29, 1.82) is 0 Å². The molecule has 0 heterocycles. The second-order valence-electron chi connectivity index (χ2n) is 6.05. The molecule has 2 rings (SSSR count). The number of benzene rings is 2. The van der Waals surface area contributed by atoms with Gasteiger partial charge in [0, 0.05) is 11.6 Å². The number of nitro groups is 1. The van der Waals surface area contributed by atoms with E-state index in [1.807, 2.05) is 0 Å². The molecule has 0 aliphatic heterocycles. The number of sulfonamides is 1. The van der Waals surface area contributed by atoms with Crippen molar-refractivity contribution >= 4 is 21.7 Å². The molecule has 0 saturated carbocycles. The standard InChI is InChI=1S/C18H20N2O6S/c1-13(2)26-18(21)12-16(15-10-6-7-11-17(15)20(22)23)19-27(24,25)14-8-4-3-5-9-14/h3-11,13,16,19H,12H2,1-2H3. The fraction of sp³-hybridized carbons (Fsp3) is 0.278. The highest BCUT2D eigenvalue weighted by Gasteiger charge is 2.29. The molecule has 2 aromatic rings. The van der Waals surface area contributed by atoms with Crippen LogP contribution in [0.1, 0.15) is 31.9 Å². The summed E-state index contributed by atoms with van der Waals surface area (Å²) in [5.41, 5.74) is -0.196. The van der Waals surface area contributed by atoms with Crippen LogP contribution in [0.15, 0.2) is 59.5 Å². The van der Waals surface area contributed by atoms with Crippen LogP contribution in [0.3, 0.4) is 0 Å². The lowest BCUT2D eigenvalue weighted by atomic mass is 10.0. The largest absolute Gasteiger partial charge is 0.463 e. The highest BCUT2D eigenvalue weighted by atomic mass is 32.2. The fourth-order valence-corrected chi connectivity index (χ4v) is 3.73. The summed E-state index contributed by atoms with van der Waals surface area (Å²) >= 11 is 0. The summed E-state index contributed by atoms with van der Waals surface area (Å²) in [6, 6.07) is 12.1. The number of hydrogen-bond donors (Lipinski definition) is 1. The van der Waals surface area contributed by atoms with Crippen molar-refractivity contribution in [2.75, 3.05) is 0 Å². The molecule has 0 amide bonds. The molecule has 0 bridgehead atoms. The average Bonchev–Trinajstić information content (AvgIpc) is 2.61. The third-order valence-electron chi connectivity index (χ3n) is 3.60. The van der Waals surface area contributed by atoms with Crippen LogP contribution in [0.25, 0.3) is 0 Å². The minimum absolute atomic E-state index is 0.00851. The molecule has 0 aromatic heterocycles. The van der Waals surface area contributed by atoms with Crippen molar-refractivity contribution in [3.63, 3.8) is 0 Å². The summed E-state index contributed by atoms with van der Waals surface area (Å²) in [5, 5.41) is 11.3. The Morgan fingerprint density at radius 1 is 1.11 bits per heavy atom. The normalized spacial score (nSPS) is 12.6. The van der Waals surface area contributed by atoms with Crippen LogP contribution in [-0.2, 0) is 19.6 Å². The summed E-state index contributed by atoms with van der Waals surface area (Å²) in [6.07, 6.45) is -0.774. The van der Waals surface area contributed by atoms with Gasteiger partial charge in [0.05, 0.1) is 28.4 Å². The molecule has 0 radical (unpaired) electrons. The number of hydrogen-bond acceptors (Lipinski definition) is 6. The van der Waals surface area contributed by atoms with Crippen molar-refractivity contribution in [1.82, 2.24) is 4.72 Å². The Hall–Kier alpha value is -2.78. The van der Waals surface area contributed by atoms with E-state index >= 15 is 0 Å². The van der Waals surface area contributed by atoms with E-state index in [4.69, 9.17) is 4.74 Å². The molecule has 0 aliphatic carbocycles. The number of carbonyl (C=O) groups is 1. The summed E-state index contributed by atoms with van der Waals surface area (Å²) in [7, 11) is -4.00. The number of nitrogens with one attached hydrogen (secondary N) is 1. The Morgan fingerprint density at radius 2 is 1.70 bits per heavy atom. The maximum Gasteiger partial charge on any atom is 0.308 e. The maximum absolute atomic E-state index is 12.7. The quantitative estimate of drug-likeness (QED) is 0.419. The SMILES string of the molecule is CC(C)OC(=O)CC(NS(=O)(=O)c1ccccc1)c1ccccc1[N+](=O)[O-]. The maximum atomic E-state index is 12.7. The first-order valence-corrected chi connectivity index (χ1v) is 9.69. The van der Waals surface area contributed by atoms with Gasteiger partial charge >= 0.3 is 5.97 Å². The molecule has 1 N–H and O–H groups in total. The molecule has 1 unspecified atom stereocenters. The second-order valence-corrected chi connectivity index (χ2v) is 7.76. The zero-order valence-corrected chi connectivity index (χ0v) is 15.7. The molecular weight excluding hydrogens is 372 g/mol. The van der Waals surface area contributed by atoms with E-state index in [9.17, 15) is 23.3 Å². The van der Waals surface area contributed by atoms with Gasteiger partial charge in [0.25, 0.3) is 5.69 Å². The van der Waals surface area contributed by atoms with Crippen LogP contribution in [0.5, 0.6) is 0 Å². The van der Waals surface area contributed by atoms with Crippen LogP contribution in [0, 0.1) is 10.1 Å². The van der Waals surface area contributed by atoms with E-state index in [2.05, 4.69) is 4.72 Å². The third-order valence-corrected chi connectivity index (χ3v) is 5.09. The number of carbonyl (C=O) groups excluding carboxylic acids is 1. The predicted molar refractivity (Wildman–Crippen MR) is 98.4 cm³/mol. The van der Waals surface area contributed by atoms with Gasteiger partial charge in [-0.25, -0.2) is 13.1 Å². The topological polar surface area (TPSA) is 116 Å². The average molecular weight is 392 g/mol. The van der Waals surface area contributed by atoms with Crippen LogP contribution in [0.2, 0.25) is 0 Å². The zero-order chi connectivity index (χ0) is 20.0. The van der Waals surface area contributed by atoms with Crippen molar-refractivity contribution in [3.05, 3.63) is 70.3 Å². The summed E-state index contributed by atoms with van der Waals surface area (Å²) in [4.78, 5) is 22.8. The molecule has 0 fully saturated rings. The summed E-state index contributed by atoms with van der Waals surface area (Å²) in [6.45, 7) is 3.32. The van der Waals surface area contributed by atoms with E-state index in [1.165, 1.54) is 30.3 Å². The highest BCUT2D eigenvalue weighted by molar-refractivity contribution is 7.89. The molecule has 0 aliphatic rings. The first kappa shape index (κ1) is 20.5. The first-order chi connectivity index (χ1) is 12.7. The number of nitrogens with zero attached hydrogens (tertiary/aromatic N) is 1. The minimum Gasteiger partial charge on any atom is -0.463 e. The Kier molecular flexibility index (Phi) is 6.65. The molecule has 1 atom stereocenters. The van der Waals surface area contributed by atoms with Gasteiger partial charge in [0.15, 0.2) is 0 Å². The molecule has 9 heteroatoms. The van der Waals surface area contributed by atoms with Crippen LogP contribution in [0.4, 0.5) is 5.69 Å². The Morgan fingerprint density at radius 3 is 2.30 bits per heavy atom. The Balaban J connectivity index is 2.42. The van der Waals surface area contributed by atoms with E-state index in [1.54, 1.807) is 38.1 Å². The van der Waals surface area contributed by atoms with Gasteiger partial charge in [-0.3, -0.25) is 14.9 Å². The van der Waals surface area contributed by atoms with Crippen molar-refractivity contribution in [2.24, 2.45) is 0 Å². The van der Waals surface area contributed by atoms with E-state index in [0.717, 1.165) is 0 Å². The molecule has 8 nitrogen and oxygen atoms in total. The predicted octanol–water partition coefficient (Wildman–Crippen LogP) is 2.96. The summed E-state index contributed by atoms with van der Waals surface area (Å²) in [5.74, 6) is -0.663. The lowest BCUT2D eigenvalue weighted by Gasteiger charge is -2.19. The van der Waals surface area contributed by atoms with Gasteiger partial charge in [0.1, 0.15) is 0 Å². The molecular formula is C18H20N2O6S. The zero-order valence-electron chi connectivity index (χ0n) is 14.9. The number of nitro benzene ring substituents is 1. The molecule has 27 heavy (non-hydrogen) atoms. The molecule has 2 aromatic carbocycles. The van der Waals surface area contributed by atoms with Crippen LogP contribution < -0.4 is 4.72 Å². The molecule has 0 spiro atoms. The van der Waals surface area contributed by atoms with Gasteiger partial charge in [-0.2, -0.15) is 0 Å². The number of ether oxygens (including phenoxy) is 1. The van der Waals surface area contributed by atoms with Crippen molar-refractivity contribution < 1.29 is 22.9 Å². The molecule has 144 valence electrons. The third kappa shape index (κ3) is 5.60. The number of esters is 1. The number of rotatable bonds is 8. The lowest BCUT2D eigenvalue weighted by molar-refractivity contribution is -0.385. The lowest BCUT2D eigenvalue weighted by Crippen LogP contribution is -2.31.